The maximum absolute atomic E-state index is 11.3. The van der Waals surface area contributed by atoms with Crippen LogP contribution in [0.1, 0.15) is 48.2 Å². The molecule has 5 nitrogen and oxygen atoms in total. The molecule has 36 heavy (non-hydrogen) atoms. The van der Waals surface area contributed by atoms with Gasteiger partial charge in [-0.2, -0.15) is 0 Å². The van der Waals surface area contributed by atoms with Gasteiger partial charge in [0.25, 0.3) is 0 Å². The molecule has 0 bridgehead atoms. The SMILES string of the molecule is C=C(C)[C@H]1C[C@H](c2cccc(Cl)c2)[C@H](c2ccccc2)O[C@@H]1c1cc(Br)cc(OC)c1OCC(=O)O. The Morgan fingerprint density at radius 3 is 2.47 bits per heavy atom. The van der Waals surface area contributed by atoms with Crippen LogP contribution in [0.4, 0.5) is 0 Å². The number of carboxylic acids is 1. The molecule has 1 heterocycles. The first kappa shape index (κ1) is 26.3. The van der Waals surface area contributed by atoms with E-state index in [1.807, 2.05) is 49.4 Å². The van der Waals surface area contributed by atoms with Crippen molar-refractivity contribution in [2.45, 2.75) is 31.5 Å². The van der Waals surface area contributed by atoms with Gasteiger partial charge in [0.05, 0.1) is 19.3 Å². The van der Waals surface area contributed by atoms with E-state index in [1.54, 1.807) is 6.07 Å². The molecule has 1 saturated heterocycles. The van der Waals surface area contributed by atoms with Gasteiger partial charge in [-0.25, -0.2) is 4.79 Å². The summed E-state index contributed by atoms with van der Waals surface area (Å²) in [6.45, 7) is 5.78. The van der Waals surface area contributed by atoms with Gasteiger partial charge in [-0.3, -0.25) is 0 Å². The first-order valence-corrected chi connectivity index (χ1v) is 12.8. The molecule has 0 spiro atoms. The third-order valence-electron chi connectivity index (χ3n) is 6.48. The van der Waals surface area contributed by atoms with E-state index in [0.29, 0.717) is 22.1 Å². The third kappa shape index (κ3) is 5.77. The van der Waals surface area contributed by atoms with Gasteiger partial charge in [-0.05, 0) is 48.7 Å². The minimum Gasteiger partial charge on any atom is -0.493 e. The monoisotopic (exact) mass is 570 g/mol. The number of aliphatic carboxylic acids is 1. The van der Waals surface area contributed by atoms with E-state index in [2.05, 4.69) is 40.7 Å². The quantitative estimate of drug-likeness (QED) is 0.280. The molecule has 1 fully saturated rings. The van der Waals surface area contributed by atoms with Gasteiger partial charge in [0.15, 0.2) is 18.1 Å². The van der Waals surface area contributed by atoms with Gasteiger partial charge in [0, 0.05) is 26.9 Å². The fraction of sp³-hybridized carbons (Fsp3) is 0.276. The molecule has 3 aromatic rings. The second-order valence-electron chi connectivity index (χ2n) is 8.95. The number of hydrogen-bond acceptors (Lipinski definition) is 4. The Balaban J connectivity index is 1.85. The van der Waals surface area contributed by atoms with Crippen molar-refractivity contribution in [3.8, 4) is 11.5 Å². The number of rotatable bonds is 8. The first-order valence-electron chi connectivity index (χ1n) is 11.6. The van der Waals surface area contributed by atoms with Crippen LogP contribution in [0.2, 0.25) is 5.02 Å². The highest BCUT2D eigenvalue weighted by Crippen LogP contribution is 2.54. The van der Waals surface area contributed by atoms with Crippen molar-refractivity contribution in [2.75, 3.05) is 13.7 Å². The van der Waals surface area contributed by atoms with Gasteiger partial charge in [-0.1, -0.05) is 82.1 Å². The van der Waals surface area contributed by atoms with Crippen molar-refractivity contribution in [1.82, 2.24) is 0 Å². The Kier molecular flexibility index (Phi) is 8.39. The summed E-state index contributed by atoms with van der Waals surface area (Å²) in [5.41, 5.74) is 3.81. The van der Waals surface area contributed by atoms with Crippen LogP contribution in [-0.2, 0) is 9.53 Å². The summed E-state index contributed by atoms with van der Waals surface area (Å²) in [7, 11) is 1.53. The fourth-order valence-corrected chi connectivity index (χ4v) is 5.51. The summed E-state index contributed by atoms with van der Waals surface area (Å²) in [6.07, 6.45) is 0.0357. The van der Waals surface area contributed by atoms with Crippen molar-refractivity contribution in [1.29, 1.82) is 0 Å². The molecule has 1 aliphatic rings. The van der Waals surface area contributed by atoms with Crippen LogP contribution >= 0.6 is 27.5 Å². The lowest BCUT2D eigenvalue weighted by Crippen LogP contribution is -2.32. The van der Waals surface area contributed by atoms with E-state index in [1.165, 1.54) is 7.11 Å². The molecule has 188 valence electrons. The molecule has 0 amide bonds. The molecule has 0 radical (unpaired) electrons. The average Bonchev–Trinajstić information content (AvgIpc) is 2.87. The number of methoxy groups -OCH3 is 1. The highest BCUT2D eigenvalue weighted by molar-refractivity contribution is 9.10. The van der Waals surface area contributed by atoms with E-state index in [0.717, 1.165) is 27.6 Å². The molecule has 3 aromatic carbocycles. The predicted octanol–water partition coefficient (Wildman–Crippen LogP) is 7.75. The Morgan fingerprint density at radius 1 is 1.11 bits per heavy atom. The Labute approximate surface area is 224 Å². The molecule has 0 unspecified atom stereocenters. The summed E-state index contributed by atoms with van der Waals surface area (Å²) in [5.74, 6) is -0.331. The van der Waals surface area contributed by atoms with Crippen LogP contribution in [0, 0.1) is 5.92 Å². The highest BCUT2D eigenvalue weighted by atomic mass is 79.9. The minimum absolute atomic E-state index is 0.0292. The van der Waals surface area contributed by atoms with Gasteiger partial charge in [-0.15, -0.1) is 0 Å². The van der Waals surface area contributed by atoms with Gasteiger partial charge in [0.2, 0.25) is 0 Å². The largest absolute Gasteiger partial charge is 0.493 e. The topological polar surface area (TPSA) is 65.0 Å². The zero-order valence-electron chi connectivity index (χ0n) is 20.1. The number of carboxylic acid groups (broad SMARTS) is 1. The molecule has 1 N–H and O–H groups in total. The molecule has 0 aliphatic carbocycles. The van der Waals surface area contributed by atoms with Crippen LogP contribution in [0.5, 0.6) is 11.5 Å². The summed E-state index contributed by atoms with van der Waals surface area (Å²) in [6, 6.07) is 21.6. The summed E-state index contributed by atoms with van der Waals surface area (Å²) in [4.78, 5) is 11.3. The zero-order chi connectivity index (χ0) is 25.8. The van der Waals surface area contributed by atoms with E-state index in [9.17, 15) is 9.90 Å². The lowest BCUT2D eigenvalue weighted by Gasteiger charge is -2.43. The normalized spacial score (nSPS) is 21.6. The molecule has 4 rings (SSSR count). The van der Waals surface area contributed by atoms with Gasteiger partial charge in [0.1, 0.15) is 0 Å². The number of carbonyl (C=O) groups is 1. The third-order valence-corrected chi connectivity index (χ3v) is 7.18. The lowest BCUT2D eigenvalue weighted by atomic mass is 9.74. The average molecular weight is 572 g/mol. The standard InChI is InChI=1S/C29H28BrClO5/c1-17(2)22-15-23(19-10-7-11-21(31)12-19)27(18-8-5-4-6-9-18)36-28(22)24-13-20(30)14-25(34-3)29(24)35-16-26(32)33/h4-14,22-23,27-28H,1,15-16H2,2-3H3,(H,32,33)/t22-,23-,27+,28+/m1/s1. The molecular weight excluding hydrogens is 544 g/mol. The van der Waals surface area contributed by atoms with Crippen LogP contribution in [0.25, 0.3) is 0 Å². The Hall–Kier alpha value is -2.80. The molecule has 4 atom stereocenters. The Morgan fingerprint density at radius 2 is 1.83 bits per heavy atom. The van der Waals surface area contributed by atoms with Gasteiger partial charge >= 0.3 is 5.97 Å². The summed E-state index contributed by atoms with van der Waals surface area (Å²) >= 11 is 9.93. The van der Waals surface area contributed by atoms with Crippen LogP contribution in [0.3, 0.4) is 0 Å². The van der Waals surface area contributed by atoms with E-state index >= 15 is 0 Å². The number of halogens is 2. The first-order chi connectivity index (χ1) is 17.3. The van der Waals surface area contributed by atoms with Crippen LogP contribution < -0.4 is 9.47 Å². The minimum atomic E-state index is -1.07. The van der Waals surface area contributed by atoms with E-state index < -0.39 is 18.7 Å². The molecule has 1 aliphatic heterocycles. The van der Waals surface area contributed by atoms with Crippen molar-refractivity contribution < 1.29 is 24.1 Å². The number of ether oxygens (including phenoxy) is 3. The van der Waals surface area contributed by atoms with Crippen LogP contribution in [-0.4, -0.2) is 24.8 Å². The summed E-state index contributed by atoms with van der Waals surface area (Å²) < 4.78 is 19.0. The molecule has 0 saturated carbocycles. The van der Waals surface area contributed by atoms with E-state index in [-0.39, 0.29) is 17.9 Å². The highest BCUT2D eigenvalue weighted by Gasteiger charge is 2.42. The van der Waals surface area contributed by atoms with Crippen molar-refractivity contribution in [3.05, 3.63) is 105 Å². The molecule has 7 heteroatoms. The van der Waals surface area contributed by atoms with Crippen LogP contribution in [0.15, 0.2) is 83.4 Å². The van der Waals surface area contributed by atoms with Crippen molar-refractivity contribution in [3.63, 3.8) is 0 Å². The zero-order valence-corrected chi connectivity index (χ0v) is 22.5. The Bertz CT molecular complexity index is 1250. The maximum Gasteiger partial charge on any atom is 0.341 e. The molecule has 0 aromatic heterocycles. The second kappa shape index (κ2) is 11.5. The lowest BCUT2D eigenvalue weighted by molar-refractivity contribution is -0.139. The predicted molar refractivity (Wildman–Crippen MR) is 144 cm³/mol. The van der Waals surface area contributed by atoms with Crippen molar-refractivity contribution >= 4 is 33.5 Å². The molecular formula is C29H28BrClO5. The maximum atomic E-state index is 11.3. The smallest absolute Gasteiger partial charge is 0.341 e. The van der Waals surface area contributed by atoms with Crippen molar-refractivity contribution in [2.24, 2.45) is 5.92 Å². The summed E-state index contributed by atoms with van der Waals surface area (Å²) in [5, 5.41) is 9.95. The number of hydrogen-bond donors (Lipinski definition) is 1. The number of benzene rings is 3. The fourth-order valence-electron chi connectivity index (χ4n) is 4.86. The van der Waals surface area contributed by atoms with Gasteiger partial charge < -0.3 is 19.3 Å². The van der Waals surface area contributed by atoms with E-state index in [4.69, 9.17) is 25.8 Å². The second-order valence-corrected chi connectivity index (χ2v) is 10.3.